The Hall–Kier alpha value is -0.540. The lowest BCUT2D eigenvalue weighted by Gasteiger charge is -2.09. The van der Waals surface area contributed by atoms with Crippen LogP contribution < -0.4 is 5.32 Å². The van der Waals surface area contributed by atoms with Crippen molar-refractivity contribution in [3.05, 3.63) is 24.6 Å². The standard InChI is InChI=1S/C11H20N2S/c1-5-7-13-11(14-6-2)9-12-8-10(3)4/h5-6,9-11,13H,1-2,7-8H2,3-4H3/t11-/m0/s1. The average Bonchev–Trinajstić information content (AvgIpc) is 2.13. The second-order valence-corrected chi connectivity index (χ2v) is 4.44. The maximum absolute atomic E-state index is 4.35. The van der Waals surface area contributed by atoms with E-state index in [-0.39, 0.29) is 5.37 Å². The van der Waals surface area contributed by atoms with Crippen molar-refractivity contribution in [2.24, 2.45) is 10.9 Å². The zero-order valence-corrected chi connectivity index (χ0v) is 9.89. The highest BCUT2D eigenvalue weighted by Gasteiger charge is 2.00. The molecule has 0 bridgehead atoms. The summed E-state index contributed by atoms with van der Waals surface area (Å²) in [6, 6.07) is 0. The Morgan fingerprint density at radius 1 is 1.43 bits per heavy atom. The number of thioether (sulfide) groups is 1. The van der Waals surface area contributed by atoms with Crippen LogP contribution in [0.25, 0.3) is 0 Å². The van der Waals surface area contributed by atoms with Crippen molar-refractivity contribution in [3.63, 3.8) is 0 Å². The van der Waals surface area contributed by atoms with Crippen molar-refractivity contribution in [1.82, 2.24) is 5.32 Å². The normalized spacial score (nSPS) is 13.4. The van der Waals surface area contributed by atoms with Crippen LogP contribution in [0.5, 0.6) is 0 Å². The Bertz CT molecular complexity index is 188. The molecule has 14 heavy (non-hydrogen) atoms. The summed E-state index contributed by atoms with van der Waals surface area (Å²) in [6.07, 6.45) is 3.78. The van der Waals surface area contributed by atoms with Gasteiger partial charge in [-0.05, 0) is 11.3 Å². The maximum atomic E-state index is 4.35. The highest BCUT2D eigenvalue weighted by molar-refractivity contribution is 8.03. The number of nitrogens with one attached hydrogen (secondary N) is 1. The highest BCUT2D eigenvalue weighted by Crippen LogP contribution is 2.06. The first-order valence-electron chi connectivity index (χ1n) is 4.81. The zero-order valence-electron chi connectivity index (χ0n) is 9.07. The first-order chi connectivity index (χ1) is 6.70. The fourth-order valence-electron chi connectivity index (χ4n) is 0.807. The summed E-state index contributed by atoms with van der Waals surface area (Å²) in [5.74, 6) is 0.611. The van der Waals surface area contributed by atoms with E-state index in [0.717, 1.165) is 13.1 Å². The molecule has 0 aliphatic rings. The molecule has 0 fully saturated rings. The summed E-state index contributed by atoms with van der Waals surface area (Å²) in [5.41, 5.74) is 0. The fraction of sp³-hybridized carbons (Fsp3) is 0.545. The van der Waals surface area contributed by atoms with Gasteiger partial charge in [0, 0.05) is 19.3 Å². The van der Waals surface area contributed by atoms with E-state index in [0.29, 0.717) is 5.92 Å². The Morgan fingerprint density at radius 3 is 2.64 bits per heavy atom. The van der Waals surface area contributed by atoms with E-state index >= 15 is 0 Å². The Balaban J connectivity index is 3.86. The third kappa shape index (κ3) is 8.08. The van der Waals surface area contributed by atoms with Crippen molar-refractivity contribution < 1.29 is 0 Å². The highest BCUT2D eigenvalue weighted by atomic mass is 32.2. The second-order valence-electron chi connectivity index (χ2n) is 3.33. The summed E-state index contributed by atoms with van der Waals surface area (Å²) in [7, 11) is 0. The molecule has 0 aliphatic heterocycles. The smallest absolute Gasteiger partial charge is 0.0930 e. The lowest BCUT2D eigenvalue weighted by atomic mass is 10.2. The molecule has 0 aromatic heterocycles. The quantitative estimate of drug-likeness (QED) is 0.380. The number of aliphatic imine (C=N–C) groups is 1. The summed E-state index contributed by atoms with van der Waals surface area (Å²) in [5, 5.41) is 5.30. The van der Waals surface area contributed by atoms with Crippen molar-refractivity contribution in [2.75, 3.05) is 13.1 Å². The predicted molar refractivity (Wildman–Crippen MR) is 68.0 cm³/mol. The van der Waals surface area contributed by atoms with Crippen LogP contribution in [0.1, 0.15) is 13.8 Å². The van der Waals surface area contributed by atoms with Crippen LogP contribution in [0, 0.1) is 5.92 Å². The van der Waals surface area contributed by atoms with E-state index in [4.69, 9.17) is 0 Å². The molecule has 0 radical (unpaired) electrons. The van der Waals surface area contributed by atoms with Gasteiger partial charge >= 0.3 is 0 Å². The van der Waals surface area contributed by atoms with Gasteiger partial charge in [-0.1, -0.05) is 26.5 Å². The van der Waals surface area contributed by atoms with Crippen LogP contribution in [0.3, 0.4) is 0 Å². The summed E-state index contributed by atoms with van der Waals surface area (Å²) >= 11 is 1.62. The van der Waals surface area contributed by atoms with Gasteiger partial charge in [0.1, 0.15) is 0 Å². The molecule has 0 aromatic carbocycles. The Morgan fingerprint density at radius 2 is 2.14 bits per heavy atom. The first kappa shape index (κ1) is 13.5. The summed E-state index contributed by atoms with van der Waals surface area (Å²) in [4.78, 5) is 4.35. The van der Waals surface area contributed by atoms with E-state index < -0.39 is 0 Å². The third-order valence-electron chi connectivity index (χ3n) is 1.42. The predicted octanol–water partition coefficient (Wildman–Crippen LogP) is 2.69. The molecule has 3 heteroatoms. The van der Waals surface area contributed by atoms with Gasteiger partial charge in [0.2, 0.25) is 0 Å². The monoisotopic (exact) mass is 212 g/mol. The van der Waals surface area contributed by atoms with Gasteiger partial charge in [0.25, 0.3) is 0 Å². The van der Waals surface area contributed by atoms with Crippen molar-refractivity contribution in [3.8, 4) is 0 Å². The minimum atomic E-state index is 0.212. The van der Waals surface area contributed by atoms with Gasteiger partial charge in [-0.25, -0.2) is 0 Å². The van der Waals surface area contributed by atoms with E-state index in [2.05, 4.69) is 37.3 Å². The summed E-state index contributed by atoms with van der Waals surface area (Å²) < 4.78 is 0. The molecule has 0 saturated heterocycles. The average molecular weight is 212 g/mol. The van der Waals surface area contributed by atoms with Crippen LogP contribution in [0.2, 0.25) is 0 Å². The third-order valence-corrected chi connectivity index (χ3v) is 2.19. The molecule has 0 aromatic rings. The minimum Gasteiger partial charge on any atom is -0.297 e. The molecule has 0 aliphatic carbocycles. The molecule has 0 rings (SSSR count). The minimum absolute atomic E-state index is 0.212. The van der Waals surface area contributed by atoms with Crippen LogP contribution in [-0.4, -0.2) is 24.7 Å². The van der Waals surface area contributed by atoms with E-state index in [9.17, 15) is 0 Å². The number of hydrogen-bond acceptors (Lipinski definition) is 3. The molecule has 80 valence electrons. The molecule has 0 unspecified atom stereocenters. The van der Waals surface area contributed by atoms with Gasteiger partial charge < -0.3 is 0 Å². The van der Waals surface area contributed by atoms with Crippen molar-refractivity contribution in [1.29, 1.82) is 0 Å². The SMILES string of the molecule is C=CCN[C@H](C=NCC(C)C)SC=C. The molecule has 2 nitrogen and oxygen atoms in total. The van der Waals surface area contributed by atoms with Gasteiger partial charge in [0.15, 0.2) is 0 Å². The molecule has 0 heterocycles. The van der Waals surface area contributed by atoms with Gasteiger partial charge in [0.05, 0.1) is 5.37 Å². The van der Waals surface area contributed by atoms with Crippen molar-refractivity contribution >= 4 is 18.0 Å². The van der Waals surface area contributed by atoms with Crippen LogP contribution in [0.15, 0.2) is 29.6 Å². The van der Waals surface area contributed by atoms with Crippen LogP contribution in [0.4, 0.5) is 0 Å². The van der Waals surface area contributed by atoms with E-state index in [1.165, 1.54) is 0 Å². The van der Waals surface area contributed by atoms with E-state index in [1.54, 1.807) is 11.8 Å². The van der Waals surface area contributed by atoms with Crippen molar-refractivity contribution in [2.45, 2.75) is 19.2 Å². The lowest BCUT2D eigenvalue weighted by molar-refractivity contribution is 0.665. The van der Waals surface area contributed by atoms with Gasteiger partial charge in [-0.3, -0.25) is 10.3 Å². The summed E-state index contributed by atoms with van der Waals surface area (Å²) in [6.45, 7) is 13.3. The molecular formula is C11H20N2S. The van der Waals surface area contributed by atoms with E-state index in [1.807, 2.05) is 17.7 Å². The van der Waals surface area contributed by atoms with Crippen LogP contribution in [-0.2, 0) is 0 Å². The number of rotatable bonds is 8. The largest absolute Gasteiger partial charge is 0.297 e. The molecular weight excluding hydrogens is 192 g/mol. The number of nitrogens with zero attached hydrogens (tertiary/aromatic N) is 1. The second kappa shape index (κ2) is 9.03. The molecule has 0 amide bonds. The topological polar surface area (TPSA) is 24.4 Å². The first-order valence-corrected chi connectivity index (χ1v) is 5.75. The number of hydrogen-bond donors (Lipinski definition) is 1. The van der Waals surface area contributed by atoms with Gasteiger partial charge in [-0.15, -0.1) is 18.3 Å². The molecule has 1 atom stereocenters. The molecule has 0 spiro atoms. The molecule has 1 N–H and O–H groups in total. The zero-order chi connectivity index (χ0) is 10.8. The Kier molecular flexibility index (Phi) is 8.68. The Labute approximate surface area is 91.6 Å². The van der Waals surface area contributed by atoms with Crippen LogP contribution >= 0.6 is 11.8 Å². The van der Waals surface area contributed by atoms with Gasteiger partial charge in [-0.2, -0.15) is 0 Å². The lowest BCUT2D eigenvalue weighted by Crippen LogP contribution is -2.27. The fourth-order valence-corrected chi connectivity index (χ4v) is 1.36. The molecule has 0 saturated carbocycles. The maximum Gasteiger partial charge on any atom is 0.0930 e.